The number of hydrogen-bond acceptors (Lipinski definition) is 4. The van der Waals surface area contributed by atoms with Crippen molar-refractivity contribution in [1.29, 1.82) is 0 Å². The van der Waals surface area contributed by atoms with Crippen LogP contribution in [-0.2, 0) is 13.6 Å². The number of carbonyl (C=O) groups is 1. The molecule has 1 aromatic carbocycles. The fraction of sp³-hybridized carbons (Fsp3) is 0.400. The van der Waals surface area contributed by atoms with Crippen LogP contribution in [0.5, 0.6) is 0 Å². The lowest BCUT2D eigenvalue weighted by Gasteiger charge is -2.12. The number of hydrogen-bond donors (Lipinski definition) is 0. The molecule has 20 heavy (non-hydrogen) atoms. The van der Waals surface area contributed by atoms with Crippen molar-refractivity contribution in [3.8, 4) is 0 Å². The van der Waals surface area contributed by atoms with Gasteiger partial charge in [-0.15, -0.1) is 0 Å². The minimum Gasteiger partial charge on any atom is -0.306 e. The van der Waals surface area contributed by atoms with Gasteiger partial charge in [0.05, 0.1) is 13.2 Å². The van der Waals surface area contributed by atoms with Crippen LogP contribution in [-0.4, -0.2) is 19.5 Å². The van der Waals surface area contributed by atoms with Crippen molar-refractivity contribution in [2.75, 3.05) is 13.2 Å². The van der Waals surface area contributed by atoms with Gasteiger partial charge in [-0.05, 0) is 50.5 Å². The lowest BCUT2D eigenvalue weighted by molar-refractivity contribution is 0.112. The summed E-state index contributed by atoms with van der Waals surface area (Å²) in [6.07, 6.45) is 2.56. The van der Waals surface area contributed by atoms with Gasteiger partial charge in [0, 0.05) is 11.4 Å². The van der Waals surface area contributed by atoms with Gasteiger partial charge in [0.25, 0.3) is 0 Å². The van der Waals surface area contributed by atoms with E-state index in [-0.39, 0.29) is 0 Å². The standard InChI is InChI=1S/C15H21O4P/c1-5-18-20(17,19-6-2)8-7-14-9-12(3)15(11-16)13(4)10-14/h7-11H,5-6H2,1-4H3. The van der Waals surface area contributed by atoms with Gasteiger partial charge in [-0.1, -0.05) is 12.1 Å². The molecule has 0 aliphatic heterocycles. The predicted octanol–water partition coefficient (Wildman–Crippen LogP) is 4.35. The van der Waals surface area contributed by atoms with Crippen LogP contribution in [0, 0.1) is 13.8 Å². The molecule has 0 aliphatic carbocycles. The highest BCUT2D eigenvalue weighted by Gasteiger charge is 2.18. The summed E-state index contributed by atoms with van der Waals surface area (Å²) < 4.78 is 22.7. The maximum absolute atomic E-state index is 12.3. The molecule has 0 heterocycles. The highest BCUT2D eigenvalue weighted by Crippen LogP contribution is 2.50. The lowest BCUT2D eigenvalue weighted by Crippen LogP contribution is -1.94. The summed E-state index contributed by atoms with van der Waals surface area (Å²) >= 11 is 0. The molecule has 1 rings (SSSR count). The van der Waals surface area contributed by atoms with Crippen molar-refractivity contribution >= 4 is 20.0 Å². The van der Waals surface area contributed by atoms with Crippen LogP contribution in [0.1, 0.15) is 40.9 Å². The molecule has 0 amide bonds. The summed E-state index contributed by atoms with van der Waals surface area (Å²) in [7, 11) is -3.18. The van der Waals surface area contributed by atoms with Gasteiger partial charge in [0.15, 0.2) is 6.29 Å². The molecule has 0 unspecified atom stereocenters. The van der Waals surface area contributed by atoms with Gasteiger partial charge < -0.3 is 9.05 Å². The Bertz CT molecular complexity index is 516. The van der Waals surface area contributed by atoms with Gasteiger partial charge in [-0.2, -0.15) is 0 Å². The second-order valence-corrected chi connectivity index (χ2v) is 6.27. The number of rotatable bonds is 7. The molecule has 5 heteroatoms. The van der Waals surface area contributed by atoms with Crippen LogP contribution >= 0.6 is 7.60 Å². The molecular formula is C15H21O4P. The van der Waals surface area contributed by atoms with Crippen LogP contribution < -0.4 is 0 Å². The SMILES string of the molecule is CCOP(=O)(C=Cc1cc(C)c(C=O)c(C)c1)OCC. The molecule has 0 radical (unpaired) electrons. The minimum absolute atomic E-state index is 0.323. The summed E-state index contributed by atoms with van der Waals surface area (Å²) in [5.41, 5.74) is 3.34. The molecule has 4 nitrogen and oxygen atoms in total. The van der Waals surface area contributed by atoms with Gasteiger partial charge in [0.2, 0.25) is 0 Å². The molecule has 1 aromatic rings. The van der Waals surface area contributed by atoms with Crippen molar-refractivity contribution in [2.45, 2.75) is 27.7 Å². The van der Waals surface area contributed by atoms with E-state index in [1.54, 1.807) is 19.9 Å². The Hall–Kier alpha value is -1.22. The first-order valence-corrected chi connectivity index (χ1v) is 8.21. The normalized spacial score (nSPS) is 12.0. The van der Waals surface area contributed by atoms with E-state index in [2.05, 4.69) is 0 Å². The molecule has 0 fully saturated rings. The molecule has 0 bridgehead atoms. The van der Waals surface area contributed by atoms with Crippen LogP contribution in [0.25, 0.3) is 6.08 Å². The Labute approximate surface area is 120 Å². The highest BCUT2D eigenvalue weighted by molar-refractivity contribution is 7.57. The van der Waals surface area contributed by atoms with Crippen LogP contribution in [0.4, 0.5) is 0 Å². The first kappa shape index (κ1) is 16.8. The molecule has 0 N–H and O–H groups in total. The first-order valence-electron chi connectivity index (χ1n) is 6.60. The van der Waals surface area contributed by atoms with E-state index in [4.69, 9.17) is 9.05 Å². The van der Waals surface area contributed by atoms with E-state index >= 15 is 0 Å². The number of carbonyl (C=O) groups excluding carboxylic acids is 1. The highest BCUT2D eigenvalue weighted by atomic mass is 31.2. The van der Waals surface area contributed by atoms with Crippen LogP contribution in [0.3, 0.4) is 0 Å². The Morgan fingerprint density at radius 1 is 1.10 bits per heavy atom. The summed E-state index contributed by atoms with van der Waals surface area (Å²) in [6, 6.07) is 3.74. The fourth-order valence-corrected chi connectivity index (χ4v) is 3.27. The second kappa shape index (κ2) is 7.53. The molecule has 0 saturated carbocycles. The van der Waals surface area contributed by atoms with E-state index in [1.807, 2.05) is 26.0 Å². The summed E-state index contributed by atoms with van der Waals surface area (Å²) in [6.45, 7) is 7.93. The van der Waals surface area contributed by atoms with E-state index in [0.717, 1.165) is 23.0 Å². The number of aryl methyl sites for hydroxylation is 2. The summed E-state index contributed by atoms with van der Waals surface area (Å²) in [5, 5.41) is 0. The molecule has 0 atom stereocenters. The smallest absolute Gasteiger partial charge is 0.306 e. The molecule has 110 valence electrons. The third-order valence-electron chi connectivity index (χ3n) is 2.80. The Morgan fingerprint density at radius 2 is 1.60 bits per heavy atom. The molecular weight excluding hydrogens is 275 g/mol. The van der Waals surface area contributed by atoms with E-state index in [9.17, 15) is 9.36 Å². The van der Waals surface area contributed by atoms with Crippen molar-refractivity contribution in [3.63, 3.8) is 0 Å². The van der Waals surface area contributed by atoms with Gasteiger partial charge in [-0.3, -0.25) is 9.36 Å². The predicted molar refractivity (Wildman–Crippen MR) is 81.2 cm³/mol. The zero-order valence-electron chi connectivity index (χ0n) is 12.4. The zero-order valence-corrected chi connectivity index (χ0v) is 13.3. The van der Waals surface area contributed by atoms with Gasteiger partial charge >= 0.3 is 7.60 Å². The molecule has 0 saturated heterocycles. The minimum atomic E-state index is -3.18. The molecule has 0 aliphatic rings. The van der Waals surface area contributed by atoms with Crippen LogP contribution in [0.2, 0.25) is 0 Å². The summed E-state index contributed by atoms with van der Waals surface area (Å²) in [5.74, 6) is 1.47. The third kappa shape index (κ3) is 4.41. The average Bonchev–Trinajstić information content (AvgIpc) is 2.37. The topological polar surface area (TPSA) is 52.6 Å². The third-order valence-corrected chi connectivity index (χ3v) is 4.55. The lowest BCUT2D eigenvalue weighted by atomic mass is 10.0. The number of benzene rings is 1. The average molecular weight is 296 g/mol. The van der Waals surface area contributed by atoms with Crippen molar-refractivity contribution in [2.24, 2.45) is 0 Å². The van der Waals surface area contributed by atoms with Gasteiger partial charge in [0.1, 0.15) is 0 Å². The maximum Gasteiger partial charge on any atom is 0.354 e. The van der Waals surface area contributed by atoms with E-state index < -0.39 is 7.60 Å². The second-order valence-electron chi connectivity index (χ2n) is 4.38. The fourth-order valence-electron chi connectivity index (χ4n) is 1.95. The van der Waals surface area contributed by atoms with Crippen molar-refractivity contribution in [1.82, 2.24) is 0 Å². The first-order chi connectivity index (χ1) is 9.45. The Balaban J connectivity index is 3.05. The van der Waals surface area contributed by atoms with Crippen molar-refractivity contribution < 1.29 is 18.4 Å². The number of aldehydes is 1. The summed E-state index contributed by atoms with van der Waals surface area (Å²) in [4.78, 5) is 10.9. The maximum atomic E-state index is 12.3. The molecule has 0 spiro atoms. The monoisotopic (exact) mass is 296 g/mol. The van der Waals surface area contributed by atoms with E-state index in [0.29, 0.717) is 18.8 Å². The largest absolute Gasteiger partial charge is 0.354 e. The van der Waals surface area contributed by atoms with Gasteiger partial charge in [-0.25, -0.2) is 0 Å². The van der Waals surface area contributed by atoms with Crippen LogP contribution in [0.15, 0.2) is 17.9 Å². The quantitative estimate of drug-likeness (QED) is 0.554. The molecule has 0 aromatic heterocycles. The van der Waals surface area contributed by atoms with Crippen molar-refractivity contribution in [3.05, 3.63) is 40.2 Å². The zero-order chi connectivity index (χ0) is 15.2. The van der Waals surface area contributed by atoms with E-state index in [1.165, 1.54) is 5.82 Å². The Morgan fingerprint density at radius 3 is 2.00 bits per heavy atom. The Kier molecular flexibility index (Phi) is 6.34.